The number of hydrogen-bond donors (Lipinski definition) is 1. The maximum atomic E-state index is 12.1. The van der Waals surface area contributed by atoms with Gasteiger partial charge < -0.3 is 9.84 Å². The molecule has 0 aromatic heterocycles. The van der Waals surface area contributed by atoms with Crippen molar-refractivity contribution >= 4 is 11.8 Å². The van der Waals surface area contributed by atoms with E-state index in [-0.39, 0.29) is 22.9 Å². The predicted molar refractivity (Wildman–Crippen MR) is 117 cm³/mol. The second-order valence-electron chi connectivity index (χ2n) is 11.6. The molecule has 0 saturated heterocycles. The molecule has 9 atom stereocenters. The Morgan fingerprint density at radius 2 is 1.90 bits per heavy atom. The van der Waals surface area contributed by atoms with Crippen molar-refractivity contribution in [3.05, 3.63) is 0 Å². The summed E-state index contributed by atoms with van der Waals surface area (Å²) in [6, 6.07) is 0. The van der Waals surface area contributed by atoms with Gasteiger partial charge in [0.1, 0.15) is 5.78 Å². The highest BCUT2D eigenvalue weighted by Crippen LogP contribution is 2.68. The quantitative estimate of drug-likeness (QED) is 0.626. The predicted octanol–water partition coefficient (Wildman–Crippen LogP) is 5.16. The largest absolute Gasteiger partial charge is 0.466 e. The molecule has 0 radical (unpaired) electrons. The number of esters is 1. The van der Waals surface area contributed by atoms with Crippen LogP contribution in [0.1, 0.15) is 91.9 Å². The number of ketones is 1. The van der Waals surface area contributed by atoms with E-state index in [1.54, 1.807) is 0 Å². The minimum Gasteiger partial charge on any atom is -0.466 e. The molecule has 4 aliphatic carbocycles. The average molecular weight is 419 g/mol. The van der Waals surface area contributed by atoms with Crippen LogP contribution in [0, 0.1) is 46.3 Å². The fraction of sp³-hybridized carbons (Fsp3) is 0.923. The van der Waals surface area contributed by atoms with Crippen molar-refractivity contribution in [2.24, 2.45) is 46.3 Å². The van der Waals surface area contributed by atoms with Gasteiger partial charge in [-0.2, -0.15) is 0 Å². The molecule has 9 unspecified atom stereocenters. The lowest BCUT2D eigenvalue weighted by Crippen LogP contribution is -2.58. The molecule has 4 fully saturated rings. The van der Waals surface area contributed by atoms with Crippen molar-refractivity contribution in [1.29, 1.82) is 0 Å². The Morgan fingerprint density at radius 3 is 2.63 bits per heavy atom. The Bertz CT molecular complexity index is 674. The number of Topliss-reactive ketones (excluding diaryl/α,β-unsaturated/α-hetero) is 1. The minimum atomic E-state index is -0.253. The van der Waals surface area contributed by atoms with Gasteiger partial charge in [0.2, 0.25) is 0 Å². The van der Waals surface area contributed by atoms with Crippen molar-refractivity contribution in [3.63, 3.8) is 0 Å². The van der Waals surface area contributed by atoms with Gasteiger partial charge >= 0.3 is 5.97 Å². The van der Waals surface area contributed by atoms with E-state index in [2.05, 4.69) is 20.8 Å². The van der Waals surface area contributed by atoms with Gasteiger partial charge in [0.25, 0.3) is 0 Å². The molecule has 4 saturated carbocycles. The molecule has 1 N–H and O–H groups in total. The van der Waals surface area contributed by atoms with E-state index in [9.17, 15) is 14.7 Å². The van der Waals surface area contributed by atoms with Crippen LogP contribution in [0.2, 0.25) is 0 Å². The van der Waals surface area contributed by atoms with Crippen LogP contribution >= 0.6 is 0 Å². The zero-order chi connectivity index (χ0) is 21.7. The van der Waals surface area contributed by atoms with Gasteiger partial charge in [0.15, 0.2) is 0 Å². The number of carbonyl (C=O) groups is 2. The minimum absolute atomic E-state index is 0.0683. The highest BCUT2D eigenvalue weighted by Gasteiger charge is 2.62. The Labute approximate surface area is 182 Å². The lowest BCUT2D eigenvalue weighted by Gasteiger charge is -2.62. The molecule has 0 bridgehead atoms. The van der Waals surface area contributed by atoms with Crippen molar-refractivity contribution in [3.8, 4) is 0 Å². The molecular weight excluding hydrogens is 376 g/mol. The lowest BCUT2D eigenvalue weighted by atomic mass is 9.44. The normalized spacial score (nSPS) is 46.5. The van der Waals surface area contributed by atoms with E-state index in [4.69, 9.17) is 4.74 Å². The molecule has 0 aromatic rings. The summed E-state index contributed by atoms with van der Waals surface area (Å²) in [6.07, 6.45) is 9.30. The summed E-state index contributed by atoms with van der Waals surface area (Å²) >= 11 is 0. The lowest BCUT2D eigenvalue weighted by molar-refractivity contribution is -0.169. The molecule has 0 spiro atoms. The van der Waals surface area contributed by atoms with Crippen molar-refractivity contribution in [2.75, 3.05) is 6.61 Å². The number of fused-ring (bicyclic) bond motifs is 5. The highest BCUT2D eigenvalue weighted by molar-refractivity contribution is 5.79. The van der Waals surface area contributed by atoms with E-state index in [0.717, 1.165) is 25.7 Å². The second-order valence-corrected chi connectivity index (χ2v) is 11.6. The molecule has 4 heteroatoms. The Hall–Kier alpha value is -0.900. The zero-order valence-corrected chi connectivity index (χ0v) is 19.5. The number of ether oxygens (including phenoxy) is 1. The van der Waals surface area contributed by atoms with Crippen LogP contribution in [0.25, 0.3) is 0 Å². The topological polar surface area (TPSA) is 63.6 Å². The van der Waals surface area contributed by atoms with Crippen LogP contribution in [-0.2, 0) is 14.3 Å². The van der Waals surface area contributed by atoms with E-state index in [1.807, 2.05) is 6.92 Å². The fourth-order valence-corrected chi connectivity index (χ4v) is 8.77. The molecule has 170 valence electrons. The maximum Gasteiger partial charge on any atom is 0.305 e. The van der Waals surface area contributed by atoms with E-state index in [1.165, 1.54) is 25.7 Å². The first-order chi connectivity index (χ1) is 14.2. The maximum absolute atomic E-state index is 12.1. The first-order valence-corrected chi connectivity index (χ1v) is 12.6. The number of carbonyl (C=O) groups excluding carboxylic acids is 2. The summed E-state index contributed by atoms with van der Waals surface area (Å²) in [5.74, 6) is 3.38. The number of aliphatic hydroxyl groups excluding tert-OH is 1. The fourth-order valence-electron chi connectivity index (χ4n) is 8.77. The molecular formula is C26H42O4. The standard InChI is InChI=1S/C26H42O4/c1-5-30-23(29)9-6-16(2)19-7-8-20-24-21(11-13-26(19,20)4)25(3)12-10-18(27)14-17(25)15-22(24)28/h16-17,19-22,24,28H,5-15H2,1-4H3. The number of hydrogen-bond acceptors (Lipinski definition) is 4. The Kier molecular flexibility index (Phi) is 6.11. The van der Waals surface area contributed by atoms with Gasteiger partial charge in [0.05, 0.1) is 12.7 Å². The van der Waals surface area contributed by atoms with Crippen LogP contribution in [0.4, 0.5) is 0 Å². The van der Waals surface area contributed by atoms with Gasteiger partial charge in [-0.15, -0.1) is 0 Å². The van der Waals surface area contributed by atoms with Gasteiger partial charge in [-0.1, -0.05) is 20.8 Å². The molecule has 0 heterocycles. The molecule has 4 aliphatic rings. The van der Waals surface area contributed by atoms with Gasteiger partial charge in [-0.05, 0) is 98.2 Å². The third-order valence-corrected chi connectivity index (χ3v) is 10.4. The van der Waals surface area contributed by atoms with Crippen LogP contribution in [0.15, 0.2) is 0 Å². The van der Waals surface area contributed by atoms with Crippen LogP contribution < -0.4 is 0 Å². The first kappa shape index (κ1) is 22.3. The summed E-state index contributed by atoms with van der Waals surface area (Å²) in [6.45, 7) is 9.57. The summed E-state index contributed by atoms with van der Waals surface area (Å²) in [5, 5.41) is 11.3. The van der Waals surface area contributed by atoms with Gasteiger partial charge in [-0.3, -0.25) is 9.59 Å². The third kappa shape index (κ3) is 3.55. The average Bonchev–Trinajstić information content (AvgIpc) is 3.05. The van der Waals surface area contributed by atoms with Gasteiger partial charge in [-0.25, -0.2) is 0 Å². The summed E-state index contributed by atoms with van der Waals surface area (Å²) in [7, 11) is 0. The van der Waals surface area contributed by atoms with Crippen LogP contribution in [-0.4, -0.2) is 29.6 Å². The number of aliphatic hydroxyl groups is 1. The molecule has 0 aliphatic heterocycles. The molecule has 0 amide bonds. The molecule has 4 rings (SSSR count). The van der Waals surface area contributed by atoms with Crippen LogP contribution in [0.3, 0.4) is 0 Å². The Balaban J connectivity index is 1.50. The van der Waals surface area contributed by atoms with E-state index in [0.29, 0.717) is 60.7 Å². The smallest absolute Gasteiger partial charge is 0.305 e. The summed E-state index contributed by atoms with van der Waals surface area (Å²) in [5.41, 5.74) is 0.497. The van der Waals surface area contributed by atoms with Crippen molar-refractivity contribution in [2.45, 2.75) is 98.0 Å². The Morgan fingerprint density at radius 1 is 1.17 bits per heavy atom. The monoisotopic (exact) mass is 418 g/mol. The summed E-state index contributed by atoms with van der Waals surface area (Å²) < 4.78 is 5.14. The molecule has 4 nitrogen and oxygen atoms in total. The first-order valence-electron chi connectivity index (χ1n) is 12.6. The van der Waals surface area contributed by atoms with E-state index >= 15 is 0 Å². The molecule has 0 aromatic carbocycles. The number of rotatable bonds is 5. The van der Waals surface area contributed by atoms with Crippen molar-refractivity contribution in [1.82, 2.24) is 0 Å². The summed E-state index contributed by atoms with van der Waals surface area (Å²) in [4.78, 5) is 24.0. The van der Waals surface area contributed by atoms with Crippen molar-refractivity contribution < 1.29 is 19.4 Å². The second kappa shape index (κ2) is 8.22. The third-order valence-electron chi connectivity index (χ3n) is 10.4. The zero-order valence-electron chi connectivity index (χ0n) is 19.5. The SMILES string of the molecule is CCOC(=O)CCC(C)C1CCC2C3C(O)CC4CC(=O)CCC4(C)C3CCC12C. The van der Waals surface area contributed by atoms with Crippen LogP contribution in [0.5, 0.6) is 0 Å². The molecule has 30 heavy (non-hydrogen) atoms. The highest BCUT2D eigenvalue weighted by atomic mass is 16.5. The van der Waals surface area contributed by atoms with Gasteiger partial charge in [0, 0.05) is 19.3 Å². The van der Waals surface area contributed by atoms with E-state index < -0.39 is 0 Å².